The monoisotopic (exact) mass is 256 g/mol. The molecule has 1 aromatic heterocycles. The van der Waals surface area contributed by atoms with Crippen molar-refractivity contribution in [1.29, 1.82) is 0 Å². The van der Waals surface area contributed by atoms with Crippen molar-refractivity contribution in [3.05, 3.63) is 53.3 Å². The minimum atomic E-state index is -0.222. The van der Waals surface area contributed by atoms with Gasteiger partial charge in [-0.1, -0.05) is 0 Å². The summed E-state index contributed by atoms with van der Waals surface area (Å²) in [6, 6.07) is 6.75. The van der Waals surface area contributed by atoms with Gasteiger partial charge in [-0.2, -0.15) is 0 Å². The van der Waals surface area contributed by atoms with Crippen molar-refractivity contribution in [1.82, 2.24) is 10.3 Å². The summed E-state index contributed by atoms with van der Waals surface area (Å²) in [5.41, 5.74) is 14.8. The van der Waals surface area contributed by atoms with Crippen LogP contribution in [-0.4, -0.2) is 10.9 Å². The molecule has 0 aliphatic heterocycles. The summed E-state index contributed by atoms with van der Waals surface area (Å²) < 4.78 is 0. The van der Waals surface area contributed by atoms with Crippen molar-refractivity contribution in [2.75, 3.05) is 11.5 Å². The summed E-state index contributed by atoms with van der Waals surface area (Å²) in [5, 5.41) is 2.82. The van der Waals surface area contributed by atoms with Gasteiger partial charge in [0.15, 0.2) is 0 Å². The Labute approximate surface area is 111 Å². The van der Waals surface area contributed by atoms with Crippen molar-refractivity contribution < 1.29 is 4.79 Å². The molecule has 1 aromatic carbocycles. The van der Waals surface area contributed by atoms with E-state index in [-0.39, 0.29) is 5.91 Å². The molecule has 0 saturated heterocycles. The van der Waals surface area contributed by atoms with E-state index in [0.29, 0.717) is 23.5 Å². The van der Waals surface area contributed by atoms with Crippen LogP contribution in [0.4, 0.5) is 11.4 Å². The highest BCUT2D eigenvalue weighted by molar-refractivity contribution is 5.99. The number of hydrogen-bond acceptors (Lipinski definition) is 4. The van der Waals surface area contributed by atoms with Gasteiger partial charge < -0.3 is 16.8 Å². The summed E-state index contributed by atoms with van der Waals surface area (Å²) in [6.07, 6.45) is 3.46. The van der Waals surface area contributed by atoms with Gasteiger partial charge >= 0.3 is 0 Å². The molecule has 0 aliphatic carbocycles. The molecule has 5 nitrogen and oxygen atoms in total. The van der Waals surface area contributed by atoms with Crippen LogP contribution in [0.2, 0.25) is 0 Å². The number of nitrogens with one attached hydrogen (secondary N) is 1. The Morgan fingerprint density at radius 2 is 2.11 bits per heavy atom. The fourth-order valence-electron chi connectivity index (χ4n) is 1.74. The van der Waals surface area contributed by atoms with Crippen LogP contribution in [0.25, 0.3) is 0 Å². The number of aryl methyl sites for hydroxylation is 1. The summed E-state index contributed by atoms with van der Waals surface area (Å²) in [4.78, 5) is 16.0. The molecule has 0 bridgehead atoms. The van der Waals surface area contributed by atoms with E-state index >= 15 is 0 Å². The van der Waals surface area contributed by atoms with Crippen LogP contribution in [0.3, 0.4) is 0 Å². The minimum Gasteiger partial charge on any atom is -0.399 e. The minimum absolute atomic E-state index is 0.222. The number of carbonyl (C=O) groups is 1. The molecule has 0 saturated carbocycles. The van der Waals surface area contributed by atoms with E-state index in [0.717, 1.165) is 11.1 Å². The fraction of sp³-hybridized carbons (Fsp3) is 0.143. The molecule has 0 radical (unpaired) electrons. The average molecular weight is 256 g/mol. The van der Waals surface area contributed by atoms with Crippen molar-refractivity contribution >= 4 is 17.3 Å². The number of aromatic nitrogens is 1. The number of hydrogen-bond donors (Lipinski definition) is 3. The SMILES string of the molecule is Cc1ccncc1CNC(=O)c1ccc(N)cc1N. The predicted octanol–water partition coefficient (Wildman–Crippen LogP) is 1.48. The highest BCUT2D eigenvalue weighted by Crippen LogP contribution is 2.15. The molecule has 98 valence electrons. The number of pyridine rings is 1. The molecule has 0 spiro atoms. The lowest BCUT2D eigenvalue weighted by Crippen LogP contribution is -2.24. The van der Waals surface area contributed by atoms with Gasteiger partial charge in [-0.15, -0.1) is 0 Å². The molecule has 0 atom stereocenters. The molecule has 1 heterocycles. The topological polar surface area (TPSA) is 94.0 Å². The smallest absolute Gasteiger partial charge is 0.253 e. The van der Waals surface area contributed by atoms with E-state index in [9.17, 15) is 4.79 Å². The van der Waals surface area contributed by atoms with Gasteiger partial charge in [0.05, 0.1) is 5.56 Å². The van der Waals surface area contributed by atoms with Crippen LogP contribution < -0.4 is 16.8 Å². The summed E-state index contributed by atoms with van der Waals surface area (Å²) in [6.45, 7) is 2.39. The molecule has 2 rings (SSSR count). The predicted molar refractivity (Wildman–Crippen MR) is 75.4 cm³/mol. The Bertz CT molecular complexity index is 610. The first-order chi connectivity index (χ1) is 9.08. The lowest BCUT2D eigenvalue weighted by atomic mass is 10.1. The average Bonchev–Trinajstić information content (AvgIpc) is 2.37. The van der Waals surface area contributed by atoms with E-state index < -0.39 is 0 Å². The van der Waals surface area contributed by atoms with Crippen LogP contribution in [0.5, 0.6) is 0 Å². The number of nitrogens with two attached hydrogens (primary N) is 2. The van der Waals surface area contributed by atoms with Crippen LogP contribution in [-0.2, 0) is 6.54 Å². The Hall–Kier alpha value is -2.56. The normalized spacial score (nSPS) is 10.2. The van der Waals surface area contributed by atoms with Gasteiger partial charge in [0.2, 0.25) is 0 Å². The number of amides is 1. The van der Waals surface area contributed by atoms with Crippen molar-refractivity contribution in [2.45, 2.75) is 13.5 Å². The zero-order chi connectivity index (χ0) is 13.8. The largest absolute Gasteiger partial charge is 0.399 e. The standard InChI is InChI=1S/C14H16N4O/c1-9-4-5-17-7-10(9)8-18-14(19)12-3-2-11(15)6-13(12)16/h2-7H,8,15-16H2,1H3,(H,18,19). The molecule has 0 fully saturated rings. The first-order valence-corrected chi connectivity index (χ1v) is 5.90. The van der Waals surface area contributed by atoms with E-state index in [2.05, 4.69) is 10.3 Å². The van der Waals surface area contributed by atoms with Crippen LogP contribution >= 0.6 is 0 Å². The molecule has 0 aliphatic rings. The third-order valence-corrected chi connectivity index (χ3v) is 2.91. The van der Waals surface area contributed by atoms with E-state index in [1.165, 1.54) is 0 Å². The van der Waals surface area contributed by atoms with Crippen LogP contribution in [0.1, 0.15) is 21.5 Å². The second-order valence-electron chi connectivity index (χ2n) is 4.33. The van der Waals surface area contributed by atoms with Gasteiger partial charge in [-0.3, -0.25) is 9.78 Å². The highest BCUT2D eigenvalue weighted by Gasteiger charge is 2.09. The zero-order valence-electron chi connectivity index (χ0n) is 10.7. The van der Waals surface area contributed by atoms with Crippen LogP contribution in [0.15, 0.2) is 36.7 Å². The summed E-state index contributed by atoms with van der Waals surface area (Å²) >= 11 is 0. The number of nitrogens with zero attached hydrogens (tertiary/aromatic N) is 1. The lowest BCUT2D eigenvalue weighted by molar-refractivity contribution is 0.0952. The van der Waals surface area contributed by atoms with Crippen molar-refractivity contribution in [3.8, 4) is 0 Å². The maximum absolute atomic E-state index is 12.0. The summed E-state index contributed by atoms with van der Waals surface area (Å²) in [5.74, 6) is -0.222. The molecule has 2 aromatic rings. The van der Waals surface area contributed by atoms with E-state index in [1.54, 1.807) is 30.6 Å². The van der Waals surface area contributed by atoms with Crippen LogP contribution in [0, 0.1) is 6.92 Å². The van der Waals surface area contributed by atoms with Gasteiger partial charge in [0, 0.05) is 30.3 Å². The fourth-order valence-corrected chi connectivity index (χ4v) is 1.74. The Kier molecular flexibility index (Phi) is 3.66. The quantitative estimate of drug-likeness (QED) is 0.725. The van der Waals surface area contributed by atoms with Gasteiger partial charge in [-0.25, -0.2) is 0 Å². The second-order valence-corrected chi connectivity index (χ2v) is 4.33. The van der Waals surface area contributed by atoms with Gasteiger partial charge in [0.25, 0.3) is 5.91 Å². The number of benzene rings is 1. The lowest BCUT2D eigenvalue weighted by Gasteiger charge is -2.09. The first kappa shape index (κ1) is 12.9. The Balaban J connectivity index is 2.08. The van der Waals surface area contributed by atoms with Gasteiger partial charge in [0.1, 0.15) is 0 Å². The molecule has 5 N–H and O–H groups in total. The van der Waals surface area contributed by atoms with E-state index in [4.69, 9.17) is 11.5 Å². The first-order valence-electron chi connectivity index (χ1n) is 5.90. The van der Waals surface area contributed by atoms with Crippen molar-refractivity contribution in [2.24, 2.45) is 0 Å². The molecule has 19 heavy (non-hydrogen) atoms. The third kappa shape index (κ3) is 3.01. The number of carbonyl (C=O) groups excluding carboxylic acids is 1. The van der Waals surface area contributed by atoms with Crippen molar-refractivity contribution in [3.63, 3.8) is 0 Å². The third-order valence-electron chi connectivity index (χ3n) is 2.91. The maximum atomic E-state index is 12.0. The molecule has 1 amide bonds. The Morgan fingerprint density at radius 1 is 1.32 bits per heavy atom. The molecule has 0 unspecified atom stereocenters. The highest BCUT2D eigenvalue weighted by atomic mass is 16.1. The number of rotatable bonds is 3. The van der Waals surface area contributed by atoms with E-state index in [1.807, 2.05) is 13.0 Å². The number of nitrogen functional groups attached to an aromatic ring is 2. The molecular weight excluding hydrogens is 240 g/mol. The number of anilines is 2. The zero-order valence-corrected chi connectivity index (χ0v) is 10.7. The van der Waals surface area contributed by atoms with Gasteiger partial charge in [-0.05, 0) is 42.3 Å². The second kappa shape index (κ2) is 5.39. The molecular formula is C14H16N4O. The summed E-state index contributed by atoms with van der Waals surface area (Å²) in [7, 11) is 0. The molecule has 5 heteroatoms. The maximum Gasteiger partial charge on any atom is 0.253 e. The Morgan fingerprint density at radius 3 is 2.79 bits per heavy atom.